The summed E-state index contributed by atoms with van der Waals surface area (Å²) in [6, 6.07) is 9.46. The molecule has 1 aromatic carbocycles. The summed E-state index contributed by atoms with van der Waals surface area (Å²) in [6.07, 6.45) is 1.57. The monoisotopic (exact) mass is 328 g/mol. The maximum Gasteiger partial charge on any atom is 0.240 e. The third kappa shape index (κ3) is 4.07. The van der Waals surface area contributed by atoms with Crippen LogP contribution >= 0.6 is 11.6 Å². The molecule has 0 amide bonds. The molecule has 0 spiro atoms. The van der Waals surface area contributed by atoms with Crippen LogP contribution in [0, 0.1) is 0 Å². The van der Waals surface area contributed by atoms with Gasteiger partial charge < -0.3 is 4.42 Å². The van der Waals surface area contributed by atoms with Crippen LogP contribution in [0.2, 0.25) is 5.02 Å². The summed E-state index contributed by atoms with van der Waals surface area (Å²) >= 11 is 5.76. The van der Waals surface area contributed by atoms with E-state index in [-0.39, 0.29) is 17.5 Å². The Morgan fingerprint density at radius 1 is 1.24 bits per heavy atom. The molecular weight excluding hydrogens is 312 g/mol. The van der Waals surface area contributed by atoms with E-state index in [0.29, 0.717) is 10.8 Å². The summed E-state index contributed by atoms with van der Waals surface area (Å²) in [5, 5.41) is 0.496. The standard InChI is InChI=1S/C14H17ClN2O3S/c1-17(2)13(14-4-3-9-20-14)10-16-21(18,19)12-7-5-11(15)6-8-12/h3-9,13,16H,10H2,1-2H3/t13-/m0/s1. The van der Waals surface area contributed by atoms with Crippen LogP contribution < -0.4 is 4.72 Å². The fraction of sp³-hybridized carbons (Fsp3) is 0.286. The summed E-state index contributed by atoms with van der Waals surface area (Å²) in [5.41, 5.74) is 0. The van der Waals surface area contributed by atoms with Crippen LogP contribution in [0.3, 0.4) is 0 Å². The van der Waals surface area contributed by atoms with Gasteiger partial charge in [0.05, 0.1) is 17.2 Å². The predicted molar refractivity (Wildman–Crippen MR) is 81.8 cm³/mol. The highest BCUT2D eigenvalue weighted by molar-refractivity contribution is 7.89. The maximum absolute atomic E-state index is 12.2. The maximum atomic E-state index is 12.2. The minimum Gasteiger partial charge on any atom is -0.468 e. The topological polar surface area (TPSA) is 62.6 Å². The third-order valence-electron chi connectivity index (χ3n) is 3.09. The summed E-state index contributed by atoms with van der Waals surface area (Å²) in [4.78, 5) is 2.08. The van der Waals surface area contributed by atoms with E-state index >= 15 is 0 Å². The molecule has 0 aliphatic carbocycles. The van der Waals surface area contributed by atoms with Crippen LogP contribution in [0.25, 0.3) is 0 Å². The zero-order valence-electron chi connectivity index (χ0n) is 11.8. The van der Waals surface area contributed by atoms with Crippen molar-refractivity contribution < 1.29 is 12.8 Å². The number of sulfonamides is 1. The lowest BCUT2D eigenvalue weighted by atomic mass is 10.2. The van der Waals surface area contributed by atoms with Gasteiger partial charge in [0.25, 0.3) is 0 Å². The molecule has 21 heavy (non-hydrogen) atoms. The van der Waals surface area contributed by atoms with E-state index in [1.54, 1.807) is 24.5 Å². The van der Waals surface area contributed by atoms with Crippen molar-refractivity contribution in [3.63, 3.8) is 0 Å². The number of rotatable bonds is 6. The molecule has 0 unspecified atom stereocenters. The lowest BCUT2D eigenvalue weighted by molar-refractivity contribution is 0.259. The number of nitrogens with one attached hydrogen (secondary N) is 1. The molecule has 1 aromatic heterocycles. The van der Waals surface area contributed by atoms with E-state index in [2.05, 4.69) is 4.72 Å². The first kappa shape index (κ1) is 16.0. The first-order valence-electron chi connectivity index (χ1n) is 6.35. The average molecular weight is 329 g/mol. The fourth-order valence-electron chi connectivity index (χ4n) is 1.90. The molecule has 1 heterocycles. The molecule has 5 nitrogen and oxygen atoms in total. The van der Waals surface area contributed by atoms with E-state index < -0.39 is 10.0 Å². The van der Waals surface area contributed by atoms with Crippen molar-refractivity contribution in [2.45, 2.75) is 10.9 Å². The quantitative estimate of drug-likeness (QED) is 0.885. The molecular formula is C14H17ClN2O3S. The van der Waals surface area contributed by atoms with Crippen molar-refractivity contribution in [1.29, 1.82) is 0 Å². The molecule has 114 valence electrons. The van der Waals surface area contributed by atoms with Gasteiger partial charge in [-0.15, -0.1) is 0 Å². The van der Waals surface area contributed by atoms with Crippen LogP contribution in [0.1, 0.15) is 11.8 Å². The van der Waals surface area contributed by atoms with Crippen molar-refractivity contribution in [1.82, 2.24) is 9.62 Å². The Morgan fingerprint density at radius 2 is 1.90 bits per heavy atom. The van der Waals surface area contributed by atoms with Gasteiger partial charge in [-0.1, -0.05) is 11.6 Å². The molecule has 0 aliphatic rings. The minimum absolute atomic E-state index is 0.179. The number of hydrogen-bond donors (Lipinski definition) is 1. The largest absolute Gasteiger partial charge is 0.468 e. The number of nitrogens with zero attached hydrogens (tertiary/aromatic N) is 1. The van der Waals surface area contributed by atoms with Gasteiger partial charge >= 0.3 is 0 Å². The van der Waals surface area contributed by atoms with E-state index in [1.807, 2.05) is 25.1 Å². The molecule has 0 saturated carbocycles. The molecule has 1 N–H and O–H groups in total. The SMILES string of the molecule is CN(C)[C@@H](CNS(=O)(=O)c1ccc(Cl)cc1)c1ccco1. The average Bonchev–Trinajstić information content (AvgIpc) is 2.93. The second-order valence-electron chi connectivity index (χ2n) is 4.80. The van der Waals surface area contributed by atoms with E-state index in [1.165, 1.54) is 12.1 Å². The van der Waals surface area contributed by atoms with Gasteiger partial charge in [-0.3, -0.25) is 4.90 Å². The second-order valence-corrected chi connectivity index (χ2v) is 7.00. The Kier molecular flexibility index (Phi) is 5.05. The number of furan rings is 1. The highest BCUT2D eigenvalue weighted by Crippen LogP contribution is 2.19. The highest BCUT2D eigenvalue weighted by atomic mass is 35.5. The summed E-state index contributed by atoms with van der Waals surface area (Å²) in [7, 11) is 0.156. The molecule has 2 rings (SSSR count). The Morgan fingerprint density at radius 3 is 2.43 bits per heavy atom. The molecule has 0 fully saturated rings. The third-order valence-corrected chi connectivity index (χ3v) is 4.78. The highest BCUT2D eigenvalue weighted by Gasteiger charge is 2.21. The molecule has 7 heteroatoms. The van der Waals surface area contributed by atoms with Crippen molar-refractivity contribution in [2.24, 2.45) is 0 Å². The number of halogens is 1. The first-order chi connectivity index (χ1) is 9.90. The molecule has 0 saturated heterocycles. The van der Waals surface area contributed by atoms with Gasteiger partial charge in [-0.2, -0.15) is 0 Å². The minimum atomic E-state index is -3.57. The number of likely N-dealkylation sites (N-methyl/N-ethyl adjacent to an activating group) is 1. The summed E-state index contributed by atoms with van der Waals surface area (Å²) in [6.45, 7) is 0.214. The fourth-order valence-corrected chi connectivity index (χ4v) is 3.07. The van der Waals surface area contributed by atoms with E-state index in [4.69, 9.17) is 16.0 Å². The van der Waals surface area contributed by atoms with Crippen LogP contribution in [0.4, 0.5) is 0 Å². The van der Waals surface area contributed by atoms with Gasteiger partial charge in [0, 0.05) is 11.6 Å². The Hall–Kier alpha value is -1.34. The molecule has 0 radical (unpaired) electrons. The van der Waals surface area contributed by atoms with Crippen molar-refractivity contribution in [3.05, 3.63) is 53.4 Å². The number of benzene rings is 1. The second kappa shape index (κ2) is 6.62. The van der Waals surface area contributed by atoms with Gasteiger partial charge in [-0.05, 0) is 50.5 Å². The Bertz CT molecular complexity index is 667. The summed E-state index contributed by atoms with van der Waals surface area (Å²) in [5.74, 6) is 0.707. The van der Waals surface area contributed by atoms with Crippen LogP contribution in [-0.4, -0.2) is 34.0 Å². The van der Waals surface area contributed by atoms with Crippen molar-refractivity contribution in [2.75, 3.05) is 20.6 Å². The van der Waals surface area contributed by atoms with Crippen LogP contribution in [0.5, 0.6) is 0 Å². The molecule has 0 bridgehead atoms. The normalized spacial score (nSPS) is 13.5. The van der Waals surface area contributed by atoms with Crippen molar-refractivity contribution in [3.8, 4) is 0 Å². The van der Waals surface area contributed by atoms with Gasteiger partial charge in [0.15, 0.2) is 0 Å². The lowest BCUT2D eigenvalue weighted by Crippen LogP contribution is -2.34. The zero-order valence-corrected chi connectivity index (χ0v) is 13.4. The summed E-state index contributed by atoms with van der Waals surface area (Å²) < 4.78 is 32.4. The first-order valence-corrected chi connectivity index (χ1v) is 8.21. The van der Waals surface area contributed by atoms with Crippen molar-refractivity contribution >= 4 is 21.6 Å². The van der Waals surface area contributed by atoms with E-state index in [0.717, 1.165) is 0 Å². The smallest absolute Gasteiger partial charge is 0.240 e. The zero-order chi connectivity index (χ0) is 15.5. The molecule has 2 aromatic rings. The Balaban J connectivity index is 2.11. The van der Waals surface area contributed by atoms with Gasteiger partial charge in [0.2, 0.25) is 10.0 Å². The lowest BCUT2D eigenvalue weighted by Gasteiger charge is -2.22. The molecule has 0 aliphatic heterocycles. The number of hydrogen-bond acceptors (Lipinski definition) is 4. The van der Waals surface area contributed by atoms with Crippen LogP contribution in [-0.2, 0) is 10.0 Å². The van der Waals surface area contributed by atoms with Gasteiger partial charge in [0.1, 0.15) is 5.76 Å². The predicted octanol–water partition coefficient (Wildman–Crippen LogP) is 2.51. The van der Waals surface area contributed by atoms with E-state index in [9.17, 15) is 8.42 Å². The van der Waals surface area contributed by atoms with Gasteiger partial charge in [-0.25, -0.2) is 13.1 Å². The molecule has 1 atom stereocenters. The Labute approximate surface area is 129 Å². The van der Waals surface area contributed by atoms with Crippen LogP contribution in [0.15, 0.2) is 52.0 Å².